The van der Waals surface area contributed by atoms with Gasteiger partial charge in [-0.2, -0.15) is 26.3 Å². The van der Waals surface area contributed by atoms with E-state index in [0.29, 0.717) is 21.6 Å². The van der Waals surface area contributed by atoms with Crippen molar-refractivity contribution in [3.05, 3.63) is 44.2 Å². The van der Waals surface area contributed by atoms with Crippen LogP contribution in [0.15, 0.2) is 22.7 Å². The zero-order chi connectivity index (χ0) is 21.7. The van der Waals surface area contributed by atoms with E-state index in [1.54, 1.807) is 0 Å². The monoisotopic (exact) mass is 492 g/mol. The predicted molar refractivity (Wildman–Crippen MR) is 95.2 cm³/mol. The van der Waals surface area contributed by atoms with Gasteiger partial charge in [-0.1, -0.05) is 12.1 Å². The lowest BCUT2D eigenvalue weighted by molar-refractivity contribution is -0.348. The van der Waals surface area contributed by atoms with Gasteiger partial charge in [-0.15, -0.1) is 11.3 Å². The summed E-state index contributed by atoms with van der Waals surface area (Å²) < 4.78 is 92.4. The number of nitrogens with two attached hydrogens (primary N) is 1. The molecule has 1 aromatic heterocycles. The van der Waals surface area contributed by atoms with Crippen LogP contribution in [-0.2, 0) is 5.67 Å². The van der Waals surface area contributed by atoms with Crippen LogP contribution in [0, 0.1) is 13.8 Å². The molecule has 0 saturated heterocycles. The Hall–Kier alpha value is -1.82. The largest absolute Gasteiger partial charge is 0.435 e. The van der Waals surface area contributed by atoms with Crippen LogP contribution in [0.4, 0.5) is 41.4 Å². The summed E-state index contributed by atoms with van der Waals surface area (Å²) in [5, 5.41) is 2.71. The Bertz CT molecular complexity index is 864. The average molecular weight is 493 g/mol. The molecule has 0 spiro atoms. The number of rotatable bonds is 3. The van der Waals surface area contributed by atoms with E-state index in [9.17, 15) is 35.5 Å². The minimum absolute atomic E-state index is 0.0245. The molecule has 2 rings (SSSR count). The normalized spacial score (nSPS) is 12.9. The van der Waals surface area contributed by atoms with Gasteiger partial charge in [0.1, 0.15) is 5.00 Å². The summed E-state index contributed by atoms with van der Waals surface area (Å²) in [7, 11) is 0. The molecule has 12 heteroatoms. The highest BCUT2D eigenvalue weighted by Crippen LogP contribution is 2.53. The number of aryl methyl sites for hydroxylation is 2. The fourth-order valence-electron chi connectivity index (χ4n) is 2.52. The second-order valence-electron chi connectivity index (χ2n) is 5.92. The topological polar surface area (TPSA) is 55.1 Å². The third-order valence-electron chi connectivity index (χ3n) is 3.89. The van der Waals surface area contributed by atoms with Crippen molar-refractivity contribution in [2.24, 2.45) is 0 Å². The molecule has 0 saturated carbocycles. The number of carbonyl (C=O) groups excluding carboxylic acids is 1. The SMILES string of the molecule is Cc1cc(C(F)(C(F)(F)F)C(F)(F)F)cc(C)c1NC(=O)c1cc(Br)c(N)s1. The first-order chi connectivity index (χ1) is 12.6. The summed E-state index contributed by atoms with van der Waals surface area (Å²) in [6.45, 7) is 2.33. The van der Waals surface area contributed by atoms with Crippen molar-refractivity contribution < 1.29 is 35.5 Å². The van der Waals surface area contributed by atoms with Gasteiger partial charge in [0.2, 0.25) is 0 Å². The fourth-order valence-corrected chi connectivity index (χ4v) is 3.85. The molecule has 0 aliphatic carbocycles. The number of carbonyl (C=O) groups is 1. The van der Waals surface area contributed by atoms with Crippen LogP contribution in [0.3, 0.4) is 0 Å². The van der Waals surface area contributed by atoms with Crippen molar-refractivity contribution in [1.82, 2.24) is 0 Å². The van der Waals surface area contributed by atoms with E-state index in [0.717, 1.165) is 25.2 Å². The number of nitrogens with one attached hydrogen (secondary N) is 1. The molecule has 0 fully saturated rings. The van der Waals surface area contributed by atoms with Crippen LogP contribution in [0.2, 0.25) is 0 Å². The third kappa shape index (κ3) is 3.84. The first-order valence-electron chi connectivity index (χ1n) is 7.39. The Balaban J connectivity index is 2.48. The number of hydrogen-bond acceptors (Lipinski definition) is 3. The molecule has 0 atom stereocenters. The molecule has 1 heterocycles. The van der Waals surface area contributed by atoms with Gasteiger partial charge >= 0.3 is 18.0 Å². The smallest absolute Gasteiger partial charge is 0.390 e. The number of nitrogen functional groups attached to an aromatic ring is 1. The lowest BCUT2D eigenvalue weighted by Gasteiger charge is -2.31. The van der Waals surface area contributed by atoms with Crippen molar-refractivity contribution in [2.75, 3.05) is 11.1 Å². The van der Waals surface area contributed by atoms with Crippen molar-refractivity contribution in [1.29, 1.82) is 0 Å². The predicted octanol–water partition coefficient (Wildman–Crippen LogP) is 6.25. The molecular formula is C16H12BrF7N2OS. The molecule has 0 aliphatic heterocycles. The van der Waals surface area contributed by atoms with Crippen LogP contribution in [0.1, 0.15) is 26.4 Å². The van der Waals surface area contributed by atoms with E-state index in [-0.39, 0.29) is 21.7 Å². The molecule has 2 aromatic rings. The standard InChI is InChI=1S/C16H12BrF7N2OS/c1-6-3-8(14(18,15(19,20)21)16(22,23)24)4-7(2)11(6)26-13(27)10-5-9(17)12(25)28-10/h3-5H,25H2,1-2H3,(H,26,27). The Kier molecular flexibility index (Phi) is 5.79. The minimum Gasteiger partial charge on any atom is -0.390 e. The van der Waals surface area contributed by atoms with E-state index >= 15 is 0 Å². The van der Waals surface area contributed by atoms with Crippen LogP contribution in [0.5, 0.6) is 0 Å². The van der Waals surface area contributed by atoms with Gasteiger partial charge in [0.25, 0.3) is 5.91 Å². The van der Waals surface area contributed by atoms with Crippen molar-refractivity contribution >= 4 is 43.9 Å². The highest BCUT2D eigenvalue weighted by atomic mass is 79.9. The highest BCUT2D eigenvalue weighted by molar-refractivity contribution is 9.10. The first-order valence-corrected chi connectivity index (χ1v) is 9.00. The summed E-state index contributed by atoms with van der Waals surface area (Å²) in [6.07, 6.45) is -12.4. The molecule has 3 nitrogen and oxygen atoms in total. The van der Waals surface area contributed by atoms with E-state index in [1.807, 2.05) is 0 Å². The molecule has 0 radical (unpaired) electrons. The zero-order valence-corrected chi connectivity index (χ0v) is 16.6. The molecule has 3 N–H and O–H groups in total. The molecule has 0 bridgehead atoms. The Morgan fingerprint density at radius 2 is 1.46 bits per heavy atom. The number of halogens is 8. The number of benzene rings is 1. The third-order valence-corrected chi connectivity index (χ3v) is 5.77. The maximum atomic E-state index is 14.2. The molecular weight excluding hydrogens is 481 g/mol. The van der Waals surface area contributed by atoms with Gasteiger partial charge in [0, 0.05) is 11.3 Å². The molecule has 154 valence electrons. The maximum absolute atomic E-state index is 14.2. The van der Waals surface area contributed by atoms with Crippen molar-refractivity contribution in [3.63, 3.8) is 0 Å². The average Bonchev–Trinajstić information content (AvgIpc) is 2.87. The number of alkyl halides is 7. The van der Waals surface area contributed by atoms with Crippen molar-refractivity contribution in [2.45, 2.75) is 31.9 Å². The van der Waals surface area contributed by atoms with E-state index in [1.165, 1.54) is 6.07 Å². The fraction of sp³-hybridized carbons (Fsp3) is 0.312. The van der Waals surface area contributed by atoms with Gasteiger partial charge in [0.05, 0.1) is 9.35 Å². The number of hydrogen-bond donors (Lipinski definition) is 2. The highest BCUT2D eigenvalue weighted by Gasteiger charge is 2.73. The Morgan fingerprint density at radius 3 is 1.82 bits per heavy atom. The molecule has 1 amide bonds. The Labute approximate surface area is 166 Å². The second-order valence-corrected chi connectivity index (χ2v) is 7.85. The van der Waals surface area contributed by atoms with Gasteiger partial charge in [-0.05, 0) is 47.0 Å². The quantitative estimate of drug-likeness (QED) is 0.497. The first kappa shape index (κ1) is 22.5. The van der Waals surface area contributed by atoms with Crippen LogP contribution < -0.4 is 11.1 Å². The lowest BCUT2D eigenvalue weighted by Crippen LogP contribution is -2.50. The van der Waals surface area contributed by atoms with Gasteiger partial charge < -0.3 is 11.1 Å². The van der Waals surface area contributed by atoms with Gasteiger partial charge in [-0.3, -0.25) is 4.79 Å². The summed E-state index contributed by atoms with van der Waals surface area (Å²) >= 11 is 4.05. The van der Waals surface area contributed by atoms with E-state index in [2.05, 4.69) is 21.2 Å². The molecule has 1 aromatic carbocycles. The summed E-state index contributed by atoms with van der Waals surface area (Å²) in [5.74, 6) is -0.667. The van der Waals surface area contributed by atoms with E-state index < -0.39 is 29.5 Å². The van der Waals surface area contributed by atoms with Crippen LogP contribution in [0.25, 0.3) is 0 Å². The lowest BCUT2D eigenvalue weighted by atomic mass is 9.90. The molecule has 0 unspecified atom stereocenters. The van der Waals surface area contributed by atoms with Crippen LogP contribution in [-0.4, -0.2) is 18.3 Å². The molecule has 0 aliphatic rings. The second kappa shape index (κ2) is 7.21. The summed E-state index contributed by atoms with van der Waals surface area (Å²) in [6, 6.07) is 2.25. The maximum Gasteiger partial charge on any atom is 0.435 e. The van der Waals surface area contributed by atoms with E-state index in [4.69, 9.17) is 5.73 Å². The minimum atomic E-state index is -6.21. The molecule has 28 heavy (non-hydrogen) atoms. The van der Waals surface area contributed by atoms with Crippen LogP contribution >= 0.6 is 27.3 Å². The van der Waals surface area contributed by atoms with Crippen molar-refractivity contribution in [3.8, 4) is 0 Å². The Morgan fingerprint density at radius 1 is 1.00 bits per heavy atom. The summed E-state index contributed by atoms with van der Waals surface area (Å²) in [5.41, 5.74) is -1.88. The number of amides is 1. The van der Waals surface area contributed by atoms with Gasteiger partial charge in [0.15, 0.2) is 0 Å². The zero-order valence-electron chi connectivity index (χ0n) is 14.1. The number of anilines is 2. The van der Waals surface area contributed by atoms with Gasteiger partial charge in [-0.25, -0.2) is 4.39 Å². The summed E-state index contributed by atoms with van der Waals surface area (Å²) in [4.78, 5) is 12.4. The number of thiophene rings is 1.